The third-order valence-electron chi connectivity index (χ3n) is 5.84. The summed E-state index contributed by atoms with van der Waals surface area (Å²) in [4.78, 5) is 20.9. The summed E-state index contributed by atoms with van der Waals surface area (Å²) in [5.74, 6) is 0.641. The van der Waals surface area contributed by atoms with Crippen LogP contribution in [0.5, 0.6) is 0 Å². The van der Waals surface area contributed by atoms with Crippen molar-refractivity contribution in [2.24, 2.45) is 0 Å². The minimum Gasteiger partial charge on any atom is -0.351 e. The number of likely N-dealkylation sites (tertiary alicyclic amines) is 1. The second kappa shape index (κ2) is 8.82. The number of halogens is 1. The number of thiophene rings is 1. The van der Waals surface area contributed by atoms with Crippen molar-refractivity contribution in [3.8, 4) is 0 Å². The Kier molecular flexibility index (Phi) is 6.18. The highest BCUT2D eigenvalue weighted by atomic mass is 35.5. The van der Waals surface area contributed by atoms with Gasteiger partial charge in [0, 0.05) is 11.9 Å². The molecular formula is C23H26ClN3OS. The summed E-state index contributed by atoms with van der Waals surface area (Å²) in [5, 5.41) is 4.50. The molecule has 1 N–H and O–H groups in total. The number of amides is 1. The van der Waals surface area contributed by atoms with Gasteiger partial charge in [0.2, 0.25) is 0 Å². The Labute approximate surface area is 180 Å². The van der Waals surface area contributed by atoms with Crippen LogP contribution in [0.4, 0.5) is 0 Å². The van der Waals surface area contributed by atoms with Crippen LogP contribution in [0.3, 0.4) is 0 Å². The minimum atomic E-state index is -0.0374. The number of hydrogen-bond donors (Lipinski definition) is 1. The van der Waals surface area contributed by atoms with Crippen molar-refractivity contribution in [1.82, 2.24) is 15.2 Å². The molecule has 2 aromatic heterocycles. The molecule has 0 atom stereocenters. The van der Waals surface area contributed by atoms with Crippen molar-refractivity contribution in [3.05, 3.63) is 63.1 Å². The van der Waals surface area contributed by atoms with Gasteiger partial charge < -0.3 is 10.2 Å². The van der Waals surface area contributed by atoms with E-state index in [-0.39, 0.29) is 5.91 Å². The van der Waals surface area contributed by atoms with Crippen LogP contribution >= 0.6 is 22.9 Å². The first-order chi connectivity index (χ1) is 14.0. The molecule has 29 heavy (non-hydrogen) atoms. The highest BCUT2D eigenvalue weighted by molar-refractivity contribution is 7.20. The molecule has 0 radical (unpaired) electrons. The number of nitrogens with one attached hydrogen (secondary N) is 1. The standard InChI is InChI=1S/C23H26ClN3OS/c1-15-19-7-8-20(24)26-23(19)29-21(15)22(28)25-12-9-16-3-5-17(6-4-16)18-10-13-27(2)14-11-18/h3-8,18H,9-14H2,1-2H3,(H,25,28). The molecule has 1 saturated heterocycles. The summed E-state index contributed by atoms with van der Waals surface area (Å²) in [7, 11) is 2.19. The van der Waals surface area contributed by atoms with E-state index >= 15 is 0 Å². The Morgan fingerprint density at radius 3 is 2.66 bits per heavy atom. The molecule has 4 rings (SSSR count). The monoisotopic (exact) mass is 427 g/mol. The largest absolute Gasteiger partial charge is 0.351 e. The summed E-state index contributed by atoms with van der Waals surface area (Å²) in [6, 6.07) is 12.6. The van der Waals surface area contributed by atoms with Crippen molar-refractivity contribution < 1.29 is 4.79 Å². The van der Waals surface area contributed by atoms with Crippen molar-refractivity contribution in [3.63, 3.8) is 0 Å². The third-order valence-corrected chi connectivity index (χ3v) is 7.26. The molecule has 3 aromatic rings. The highest BCUT2D eigenvalue weighted by Crippen LogP contribution is 2.30. The van der Waals surface area contributed by atoms with Gasteiger partial charge in [-0.1, -0.05) is 35.9 Å². The number of rotatable bonds is 5. The molecule has 3 heterocycles. The van der Waals surface area contributed by atoms with Crippen LogP contribution in [-0.2, 0) is 6.42 Å². The van der Waals surface area contributed by atoms with Crippen LogP contribution in [0.2, 0.25) is 5.15 Å². The Bertz CT molecular complexity index is 1010. The normalized spacial score (nSPS) is 15.7. The first-order valence-electron chi connectivity index (χ1n) is 10.1. The van der Waals surface area contributed by atoms with Gasteiger partial charge in [-0.2, -0.15) is 0 Å². The van der Waals surface area contributed by atoms with E-state index in [1.54, 1.807) is 6.07 Å². The molecule has 1 fully saturated rings. The lowest BCUT2D eigenvalue weighted by Gasteiger charge is -2.29. The molecule has 152 valence electrons. The summed E-state index contributed by atoms with van der Waals surface area (Å²) in [6.07, 6.45) is 3.30. The Morgan fingerprint density at radius 1 is 1.21 bits per heavy atom. The Hall–Kier alpha value is -1.95. The molecule has 0 unspecified atom stereocenters. The maximum Gasteiger partial charge on any atom is 0.261 e. The fourth-order valence-electron chi connectivity index (χ4n) is 3.99. The number of aromatic nitrogens is 1. The topological polar surface area (TPSA) is 45.2 Å². The lowest BCUT2D eigenvalue weighted by atomic mass is 9.89. The number of pyridine rings is 1. The van der Waals surface area contributed by atoms with Gasteiger partial charge >= 0.3 is 0 Å². The summed E-state index contributed by atoms with van der Waals surface area (Å²) in [6.45, 7) is 4.94. The summed E-state index contributed by atoms with van der Waals surface area (Å²) >= 11 is 7.37. The predicted molar refractivity (Wildman–Crippen MR) is 121 cm³/mol. The van der Waals surface area contributed by atoms with Gasteiger partial charge in [-0.15, -0.1) is 11.3 Å². The molecule has 0 saturated carbocycles. The van der Waals surface area contributed by atoms with Gasteiger partial charge in [-0.25, -0.2) is 4.98 Å². The maximum absolute atomic E-state index is 12.6. The van der Waals surface area contributed by atoms with Crippen LogP contribution in [0, 0.1) is 6.92 Å². The van der Waals surface area contributed by atoms with Crippen LogP contribution in [0.15, 0.2) is 36.4 Å². The lowest BCUT2D eigenvalue weighted by molar-refractivity contribution is 0.0957. The van der Waals surface area contributed by atoms with Gasteiger partial charge in [-0.3, -0.25) is 4.79 Å². The molecule has 6 heteroatoms. The van der Waals surface area contributed by atoms with Gasteiger partial charge in [0.1, 0.15) is 9.98 Å². The number of fused-ring (bicyclic) bond motifs is 1. The second-order valence-corrected chi connectivity index (χ2v) is 9.25. The van der Waals surface area contributed by atoms with E-state index in [0.29, 0.717) is 22.5 Å². The van der Waals surface area contributed by atoms with Crippen LogP contribution in [-0.4, -0.2) is 42.5 Å². The lowest BCUT2D eigenvalue weighted by Crippen LogP contribution is -2.29. The molecule has 0 bridgehead atoms. The van der Waals surface area contributed by atoms with E-state index in [1.165, 1.54) is 48.4 Å². The van der Waals surface area contributed by atoms with Crippen LogP contribution < -0.4 is 5.32 Å². The fourth-order valence-corrected chi connectivity index (χ4v) is 5.29. The molecule has 0 spiro atoms. The number of nitrogens with zero attached hydrogens (tertiary/aromatic N) is 2. The first kappa shape index (κ1) is 20.3. The van der Waals surface area contributed by atoms with Gasteiger partial charge in [-0.05, 0) is 81.1 Å². The number of benzene rings is 1. The average molecular weight is 428 g/mol. The number of piperidine rings is 1. The zero-order chi connectivity index (χ0) is 20.4. The SMILES string of the molecule is Cc1c(C(=O)NCCc2ccc(C3CCN(C)CC3)cc2)sc2nc(Cl)ccc12. The fraction of sp³-hybridized carbons (Fsp3) is 0.391. The van der Waals surface area contributed by atoms with Crippen molar-refractivity contribution >= 4 is 39.1 Å². The van der Waals surface area contributed by atoms with Crippen molar-refractivity contribution in [2.45, 2.75) is 32.1 Å². The number of carbonyl (C=O) groups is 1. The van der Waals surface area contributed by atoms with Crippen molar-refractivity contribution in [2.75, 3.05) is 26.7 Å². The van der Waals surface area contributed by atoms with E-state index in [0.717, 1.165) is 22.2 Å². The zero-order valence-electron chi connectivity index (χ0n) is 16.9. The van der Waals surface area contributed by atoms with Crippen LogP contribution in [0.25, 0.3) is 10.2 Å². The summed E-state index contributed by atoms with van der Waals surface area (Å²) in [5.41, 5.74) is 3.66. The molecule has 1 amide bonds. The molecule has 1 aliphatic rings. The third kappa shape index (κ3) is 4.63. The molecule has 1 aromatic carbocycles. The second-order valence-electron chi connectivity index (χ2n) is 7.87. The number of carbonyl (C=O) groups excluding carboxylic acids is 1. The Morgan fingerprint density at radius 2 is 1.93 bits per heavy atom. The number of hydrogen-bond acceptors (Lipinski definition) is 4. The molecule has 1 aliphatic heterocycles. The minimum absolute atomic E-state index is 0.0374. The van der Waals surface area contributed by atoms with Crippen molar-refractivity contribution in [1.29, 1.82) is 0 Å². The number of aryl methyl sites for hydroxylation is 1. The van der Waals surface area contributed by atoms with E-state index in [2.05, 4.69) is 46.5 Å². The predicted octanol–water partition coefficient (Wildman–Crippen LogP) is 5.04. The van der Waals surface area contributed by atoms with E-state index in [4.69, 9.17) is 11.6 Å². The smallest absolute Gasteiger partial charge is 0.261 e. The van der Waals surface area contributed by atoms with E-state index < -0.39 is 0 Å². The molecule has 0 aliphatic carbocycles. The average Bonchev–Trinajstić information content (AvgIpc) is 3.05. The zero-order valence-corrected chi connectivity index (χ0v) is 18.4. The van der Waals surface area contributed by atoms with Gasteiger partial charge in [0.05, 0.1) is 4.88 Å². The Balaban J connectivity index is 1.33. The van der Waals surface area contributed by atoms with Gasteiger partial charge in [0.15, 0.2) is 0 Å². The summed E-state index contributed by atoms with van der Waals surface area (Å²) < 4.78 is 0. The van der Waals surface area contributed by atoms with Crippen LogP contribution in [0.1, 0.15) is 45.1 Å². The maximum atomic E-state index is 12.6. The molecule has 4 nitrogen and oxygen atoms in total. The molecular weight excluding hydrogens is 402 g/mol. The quantitative estimate of drug-likeness (QED) is 0.580. The first-order valence-corrected chi connectivity index (χ1v) is 11.3. The van der Waals surface area contributed by atoms with E-state index in [9.17, 15) is 4.79 Å². The van der Waals surface area contributed by atoms with E-state index in [1.807, 2.05) is 13.0 Å². The highest BCUT2D eigenvalue weighted by Gasteiger charge is 2.18. The van der Waals surface area contributed by atoms with Gasteiger partial charge in [0.25, 0.3) is 5.91 Å².